The lowest BCUT2D eigenvalue weighted by Gasteiger charge is -2.05. The van der Waals surface area contributed by atoms with Crippen molar-refractivity contribution in [3.63, 3.8) is 0 Å². The zero-order valence-corrected chi connectivity index (χ0v) is 8.30. The summed E-state index contributed by atoms with van der Waals surface area (Å²) in [4.78, 5) is 3.44. The van der Waals surface area contributed by atoms with Crippen molar-refractivity contribution in [2.24, 2.45) is 4.99 Å². The number of halogens is 3. The molecule has 0 saturated heterocycles. The van der Waals surface area contributed by atoms with Gasteiger partial charge >= 0.3 is 6.18 Å². The fraction of sp³-hybridized carbons (Fsp3) is 0.300. The van der Waals surface area contributed by atoms with Crippen molar-refractivity contribution in [1.82, 2.24) is 0 Å². The fourth-order valence-electron chi connectivity index (χ4n) is 0.914. The van der Waals surface area contributed by atoms with Crippen LogP contribution in [-0.2, 0) is 0 Å². The van der Waals surface area contributed by atoms with Crippen LogP contribution in [0.2, 0.25) is 0 Å². The van der Waals surface area contributed by atoms with Gasteiger partial charge in [0.25, 0.3) is 0 Å². The van der Waals surface area contributed by atoms with Crippen LogP contribution < -0.4 is 4.74 Å². The highest BCUT2D eigenvalue weighted by Gasteiger charge is 2.31. The largest absolute Gasteiger partial charge is 0.497 e. The van der Waals surface area contributed by atoms with E-state index in [-0.39, 0.29) is 5.69 Å². The number of rotatable bonds is 2. The highest BCUT2D eigenvalue weighted by molar-refractivity contribution is 5.89. The molecular formula is C10H10F3NO. The van der Waals surface area contributed by atoms with Crippen molar-refractivity contribution in [1.29, 1.82) is 0 Å². The number of ether oxygens (including phenoxy) is 1. The van der Waals surface area contributed by atoms with E-state index in [4.69, 9.17) is 4.74 Å². The lowest BCUT2D eigenvalue weighted by molar-refractivity contribution is -0.0591. The van der Waals surface area contributed by atoms with E-state index in [1.165, 1.54) is 19.2 Å². The summed E-state index contributed by atoms with van der Waals surface area (Å²) in [5.74, 6) is 0.582. The van der Waals surface area contributed by atoms with Gasteiger partial charge in [-0.3, -0.25) is 0 Å². The maximum absolute atomic E-state index is 12.1. The van der Waals surface area contributed by atoms with E-state index < -0.39 is 11.9 Å². The third-order valence-corrected chi connectivity index (χ3v) is 1.78. The summed E-state index contributed by atoms with van der Waals surface area (Å²) < 4.78 is 41.2. The standard InChI is InChI=1S/C10H10F3NO/c1-7(10(11,12)13)14-8-3-5-9(15-2)6-4-8/h3-6H,1-2H3/b14-7+. The summed E-state index contributed by atoms with van der Waals surface area (Å²) in [5, 5.41) is 0. The van der Waals surface area contributed by atoms with Gasteiger partial charge in [0, 0.05) is 0 Å². The van der Waals surface area contributed by atoms with Gasteiger partial charge in [0.1, 0.15) is 11.5 Å². The molecule has 0 amide bonds. The first-order chi connectivity index (χ1) is 6.93. The van der Waals surface area contributed by atoms with E-state index in [1.807, 2.05) is 0 Å². The van der Waals surface area contributed by atoms with E-state index in [9.17, 15) is 13.2 Å². The minimum atomic E-state index is -4.38. The number of aliphatic imine (C=N–C) groups is 1. The molecule has 0 aliphatic carbocycles. The topological polar surface area (TPSA) is 21.6 Å². The molecule has 5 heteroatoms. The Balaban J connectivity index is 2.89. The molecule has 82 valence electrons. The molecule has 0 radical (unpaired) electrons. The van der Waals surface area contributed by atoms with Crippen molar-refractivity contribution >= 4 is 11.4 Å². The average molecular weight is 217 g/mol. The summed E-state index contributed by atoms with van der Waals surface area (Å²) in [7, 11) is 1.49. The lowest BCUT2D eigenvalue weighted by atomic mass is 10.3. The van der Waals surface area contributed by atoms with Crippen LogP contribution in [0.4, 0.5) is 18.9 Å². The molecule has 0 aromatic heterocycles. The van der Waals surface area contributed by atoms with E-state index in [0.717, 1.165) is 6.92 Å². The molecule has 1 rings (SSSR count). The molecule has 15 heavy (non-hydrogen) atoms. The Labute approximate surface area is 85.4 Å². The molecule has 0 fully saturated rings. The van der Waals surface area contributed by atoms with Gasteiger partial charge in [0.05, 0.1) is 12.8 Å². The Kier molecular flexibility index (Phi) is 3.34. The second-order valence-corrected chi connectivity index (χ2v) is 2.89. The lowest BCUT2D eigenvalue weighted by Crippen LogP contribution is -2.18. The zero-order valence-electron chi connectivity index (χ0n) is 8.30. The highest BCUT2D eigenvalue weighted by Crippen LogP contribution is 2.22. The Morgan fingerprint density at radius 2 is 1.73 bits per heavy atom. The van der Waals surface area contributed by atoms with Crippen LogP contribution in [0.25, 0.3) is 0 Å². The number of nitrogens with zero attached hydrogens (tertiary/aromatic N) is 1. The molecule has 0 aliphatic heterocycles. The van der Waals surface area contributed by atoms with Crippen LogP contribution in [-0.4, -0.2) is 19.0 Å². The van der Waals surface area contributed by atoms with Crippen LogP contribution in [0.5, 0.6) is 5.75 Å². The van der Waals surface area contributed by atoms with E-state index in [2.05, 4.69) is 4.99 Å². The molecule has 0 N–H and O–H groups in total. The molecule has 1 aromatic carbocycles. The summed E-state index contributed by atoms with van der Waals surface area (Å²) in [6.45, 7) is 0.935. The maximum atomic E-state index is 12.1. The Bertz CT molecular complexity index is 354. The Morgan fingerprint density at radius 3 is 2.13 bits per heavy atom. The van der Waals surface area contributed by atoms with Gasteiger partial charge in [0.15, 0.2) is 0 Å². The van der Waals surface area contributed by atoms with Crippen LogP contribution in [0.15, 0.2) is 29.3 Å². The number of hydrogen-bond donors (Lipinski definition) is 0. The van der Waals surface area contributed by atoms with E-state index in [1.54, 1.807) is 12.1 Å². The fourth-order valence-corrected chi connectivity index (χ4v) is 0.914. The number of benzene rings is 1. The van der Waals surface area contributed by atoms with Gasteiger partial charge < -0.3 is 4.74 Å². The summed E-state index contributed by atoms with van der Waals surface area (Å²) in [5.41, 5.74) is -0.613. The molecule has 0 atom stereocenters. The number of alkyl halides is 3. The molecule has 0 spiro atoms. The van der Waals surface area contributed by atoms with Gasteiger partial charge in [0.2, 0.25) is 0 Å². The maximum Gasteiger partial charge on any atom is 0.429 e. The predicted octanol–water partition coefficient (Wildman–Crippen LogP) is 3.35. The smallest absolute Gasteiger partial charge is 0.429 e. The van der Waals surface area contributed by atoms with Crippen molar-refractivity contribution in [3.05, 3.63) is 24.3 Å². The minimum absolute atomic E-state index is 0.255. The number of hydrogen-bond acceptors (Lipinski definition) is 2. The van der Waals surface area contributed by atoms with Crippen molar-refractivity contribution in [2.75, 3.05) is 7.11 Å². The Hall–Kier alpha value is -1.52. The predicted molar refractivity (Wildman–Crippen MR) is 51.8 cm³/mol. The SMILES string of the molecule is COc1ccc(/N=C(\C)C(F)(F)F)cc1. The monoisotopic (exact) mass is 217 g/mol. The van der Waals surface area contributed by atoms with Crippen LogP contribution in [0, 0.1) is 0 Å². The van der Waals surface area contributed by atoms with Crippen molar-refractivity contribution in [3.8, 4) is 5.75 Å². The Morgan fingerprint density at radius 1 is 1.20 bits per heavy atom. The molecule has 0 heterocycles. The zero-order chi connectivity index (χ0) is 11.5. The third-order valence-electron chi connectivity index (χ3n) is 1.78. The average Bonchev–Trinajstić information content (AvgIpc) is 2.17. The summed E-state index contributed by atoms with van der Waals surface area (Å²) in [6, 6.07) is 6.05. The third kappa shape index (κ3) is 3.27. The van der Waals surface area contributed by atoms with Crippen molar-refractivity contribution < 1.29 is 17.9 Å². The van der Waals surface area contributed by atoms with E-state index >= 15 is 0 Å². The first-order valence-corrected chi connectivity index (χ1v) is 4.20. The van der Waals surface area contributed by atoms with Gasteiger partial charge in [-0.25, -0.2) is 4.99 Å². The second kappa shape index (κ2) is 4.33. The van der Waals surface area contributed by atoms with Crippen molar-refractivity contribution in [2.45, 2.75) is 13.1 Å². The van der Waals surface area contributed by atoms with E-state index in [0.29, 0.717) is 5.75 Å². The van der Waals surface area contributed by atoms with Gasteiger partial charge in [-0.15, -0.1) is 0 Å². The van der Waals surface area contributed by atoms with Crippen LogP contribution in [0.3, 0.4) is 0 Å². The van der Waals surface area contributed by atoms with Gasteiger partial charge in [-0.2, -0.15) is 13.2 Å². The van der Waals surface area contributed by atoms with Gasteiger partial charge in [-0.1, -0.05) is 0 Å². The van der Waals surface area contributed by atoms with Crippen LogP contribution >= 0.6 is 0 Å². The van der Waals surface area contributed by atoms with Crippen LogP contribution in [0.1, 0.15) is 6.92 Å². The normalized spacial score (nSPS) is 12.7. The van der Waals surface area contributed by atoms with Gasteiger partial charge in [-0.05, 0) is 31.2 Å². The first kappa shape index (κ1) is 11.6. The quantitative estimate of drug-likeness (QED) is 0.696. The molecule has 0 aliphatic rings. The second-order valence-electron chi connectivity index (χ2n) is 2.89. The summed E-state index contributed by atoms with van der Waals surface area (Å²) in [6.07, 6.45) is -4.38. The molecular weight excluding hydrogens is 207 g/mol. The molecule has 0 bridgehead atoms. The molecule has 2 nitrogen and oxygen atoms in total. The summed E-state index contributed by atoms with van der Waals surface area (Å²) >= 11 is 0. The minimum Gasteiger partial charge on any atom is -0.497 e. The number of methoxy groups -OCH3 is 1. The molecule has 0 unspecified atom stereocenters. The molecule has 0 saturated carbocycles. The highest BCUT2D eigenvalue weighted by atomic mass is 19.4. The molecule has 1 aromatic rings. The first-order valence-electron chi connectivity index (χ1n) is 4.20.